The molecule has 4 nitrogen and oxygen atoms in total. The van der Waals surface area contributed by atoms with Crippen LogP contribution in [0.15, 0.2) is 18.3 Å². The SMILES string of the molecule is CCOSOc1c(F)nc2ccc(C(F)(F)F)cn12. The number of rotatable bonds is 4. The summed E-state index contributed by atoms with van der Waals surface area (Å²) in [6.07, 6.45) is -3.81. The van der Waals surface area contributed by atoms with E-state index in [1.807, 2.05) is 0 Å². The molecule has 0 N–H and O–H groups in total. The fraction of sp³-hybridized carbons (Fsp3) is 0.300. The number of fused-ring (bicyclic) bond motifs is 1. The molecule has 0 fully saturated rings. The molecule has 0 amide bonds. The Bertz CT molecular complexity index is 585. The van der Waals surface area contributed by atoms with Crippen LogP contribution in [0.3, 0.4) is 0 Å². The monoisotopic (exact) mass is 296 g/mol. The van der Waals surface area contributed by atoms with Gasteiger partial charge < -0.3 is 4.18 Å². The van der Waals surface area contributed by atoms with Crippen LogP contribution in [0, 0.1) is 5.95 Å². The highest BCUT2D eigenvalue weighted by Crippen LogP contribution is 2.31. The second kappa shape index (κ2) is 5.25. The number of halogens is 4. The fourth-order valence-corrected chi connectivity index (χ4v) is 1.70. The average molecular weight is 296 g/mol. The van der Waals surface area contributed by atoms with Gasteiger partial charge in [-0.15, -0.1) is 0 Å². The Hall–Kier alpha value is -1.48. The molecule has 0 aliphatic rings. The molecule has 9 heteroatoms. The minimum absolute atomic E-state index is 0.0117. The summed E-state index contributed by atoms with van der Waals surface area (Å²) in [4.78, 5) is 3.45. The molecule has 0 radical (unpaired) electrons. The standard InChI is InChI=1S/C10H8F4N2O2S/c1-2-17-19-18-9-8(11)15-7-4-3-6(5-16(7)9)10(12,13)14/h3-5H,2H2,1H3. The highest BCUT2D eigenvalue weighted by atomic mass is 32.2. The van der Waals surface area contributed by atoms with Crippen LogP contribution >= 0.6 is 12.3 Å². The lowest BCUT2D eigenvalue weighted by Gasteiger charge is -2.07. The molecule has 104 valence electrons. The summed E-state index contributed by atoms with van der Waals surface area (Å²) in [6.45, 7) is 1.99. The quantitative estimate of drug-likeness (QED) is 0.492. The topological polar surface area (TPSA) is 35.8 Å². The molecule has 0 aliphatic heterocycles. The predicted molar refractivity (Wildman–Crippen MR) is 60.0 cm³/mol. The lowest BCUT2D eigenvalue weighted by molar-refractivity contribution is -0.137. The first kappa shape index (κ1) is 13.9. The minimum Gasteiger partial charge on any atom is -0.376 e. The number of pyridine rings is 1. The summed E-state index contributed by atoms with van der Waals surface area (Å²) in [6, 6.07) is 1.88. The number of hydrogen-bond donors (Lipinski definition) is 0. The molecule has 0 aromatic carbocycles. The maximum absolute atomic E-state index is 13.5. The molecule has 0 unspecified atom stereocenters. The van der Waals surface area contributed by atoms with Gasteiger partial charge in [-0.2, -0.15) is 22.5 Å². The Labute approximate surface area is 109 Å². The van der Waals surface area contributed by atoms with Crippen LogP contribution < -0.4 is 4.18 Å². The Morgan fingerprint density at radius 2 is 2.11 bits per heavy atom. The highest BCUT2D eigenvalue weighted by molar-refractivity contribution is 7.90. The first-order valence-electron chi connectivity index (χ1n) is 5.14. The molecule has 0 aliphatic carbocycles. The van der Waals surface area contributed by atoms with Crippen LogP contribution in [-0.4, -0.2) is 16.0 Å². The lowest BCUT2D eigenvalue weighted by Crippen LogP contribution is -2.06. The normalized spacial score (nSPS) is 12.1. The van der Waals surface area contributed by atoms with Gasteiger partial charge in [0.05, 0.1) is 12.2 Å². The summed E-state index contributed by atoms with van der Waals surface area (Å²) in [5.74, 6) is -1.45. The van der Waals surface area contributed by atoms with E-state index in [1.165, 1.54) is 0 Å². The smallest absolute Gasteiger partial charge is 0.376 e. The first-order valence-corrected chi connectivity index (χ1v) is 5.81. The van der Waals surface area contributed by atoms with E-state index < -0.39 is 23.6 Å². The van der Waals surface area contributed by atoms with Crippen LogP contribution in [0.1, 0.15) is 12.5 Å². The number of aromatic nitrogens is 2. The van der Waals surface area contributed by atoms with Crippen LogP contribution in [0.4, 0.5) is 17.6 Å². The highest BCUT2D eigenvalue weighted by Gasteiger charge is 2.31. The van der Waals surface area contributed by atoms with Crippen LogP contribution in [0.5, 0.6) is 5.88 Å². The minimum atomic E-state index is -4.53. The van der Waals surface area contributed by atoms with Crippen molar-refractivity contribution in [3.05, 3.63) is 29.8 Å². The van der Waals surface area contributed by atoms with Gasteiger partial charge in [-0.05, 0) is 19.1 Å². The van der Waals surface area contributed by atoms with Gasteiger partial charge >= 0.3 is 6.18 Å². The van der Waals surface area contributed by atoms with Crippen molar-refractivity contribution in [2.24, 2.45) is 0 Å². The first-order chi connectivity index (χ1) is 8.93. The van der Waals surface area contributed by atoms with E-state index in [0.717, 1.165) is 16.5 Å². The maximum atomic E-state index is 13.5. The van der Waals surface area contributed by atoms with Gasteiger partial charge in [-0.25, -0.2) is 0 Å². The Morgan fingerprint density at radius 3 is 2.74 bits per heavy atom. The summed E-state index contributed by atoms with van der Waals surface area (Å²) in [5, 5.41) is 0. The molecule has 0 saturated heterocycles. The zero-order chi connectivity index (χ0) is 14.0. The molecule has 2 heterocycles. The molecule has 2 aromatic heterocycles. The van der Waals surface area contributed by atoms with E-state index in [4.69, 9.17) is 8.37 Å². The molecule has 0 spiro atoms. The van der Waals surface area contributed by atoms with E-state index in [2.05, 4.69) is 4.98 Å². The van der Waals surface area contributed by atoms with E-state index in [-0.39, 0.29) is 5.65 Å². The summed E-state index contributed by atoms with van der Waals surface area (Å²) < 4.78 is 61.6. The van der Waals surface area contributed by atoms with Crippen LogP contribution in [0.2, 0.25) is 0 Å². The molecule has 2 rings (SSSR count). The molecular weight excluding hydrogens is 288 g/mol. The summed E-state index contributed by atoms with van der Waals surface area (Å²) in [7, 11) is 0. The molecular formula is C10H8F4N2O2S. The number of nitrogens with zero attached hydrogens (tertiary/aromatic N) is 2. The fourth-order valence-electron chi connectivity index (χ4n) is 1.34. The van der Waals surface area contributed by atoms with Crippen LogP contribution in [0.25, 0.3) is 5.65 Å². The van der Waals surface area contributed by atoms with Gasteiger partial charge in [0.25, 0.3) is 11.8 Å². The molecule has 19 heavy (non-hydrogen) atoms. The second-order valence-corrected chi connectivity index (χ2v) is 3.95. The second-order valence-electron chi connectivity index (χ2n) is 3.41. The van der Waals surface area contributed by atoms with E-state index in [9.17, 15) is 17.6 Å². The Morgan fingerprint density at radius 1 is 1.37 bits per heavy atom. The van der Waals surface area contributed by atoms with Crippen molar-refractivity contribution in [1.82, 2.24) is 9.38 Å². The van der Waals surface area contributed by atoms with Gasteiger partial charge in [-0.1, -0.05) is 0 Å². The van der Waals surface area contributed by atoms with Crippen molar-refractivity contribution in [2.75, 3.05) is 6.61 Å². The van der Waals surface area contributed by atoms with Gasteiger partial charge in [-0.3, -0.25) is 8.58 Å². The molecule has 0 saturated carbocycles. The summed E-state index contributed by atoms with van der Waals surface area (Å²) >= 11 is 0.471. The zero-order valence-corrected chi connectivity index (χ0v) is 10.4. The van der Waals surface area contributed by atoms with Crippen molar-refractivity contribution in [2.45, 2.75) is 13.1 Å². The lowest BCUT2D eigenvalue weighted by atomic mass is 10.3. The molecule has 0 bridgehead atoms. The van der Waals surface area contributed by atoms with Crippen molar-refractivity contribution >= 4 is 18.0 Å². The van der Waals surface area contributed by atoms with Crippen molar-refractivity contribution < 1.29 is 25.9 Å². The zero-order valence-electron chi connectivity index (χ0n) is 9.57. The maximum Gasteiger partial charge on any atom is 0.417 e. The van der Waals surface area contributed by atoms with E-state index in [0.29, 0.717) is 25.1 Å². The third-order valence-electron chi connectivity index (χ3n) is 2.14. The van der Waals surface area contributed by atoms with Crippen molar-refractivity contribution in [1.29, 1.82) is 0 Å². The third kappa shape index (κ3) is 2.92. The van der Waals surface area contributed by atoms with Crippen molar-refractivity contribution in [3.8, 4) is 5.88 Å². The number of hydrogen-bond acceptors (Lipinski definition) is 4. The van der Waals surface area contributed by atoms with Gasteiger partial charge in [0.1, 0.15) is 5.65 Å². The van der Waals surface area contributed by atoms with E-state index >= 15 is 0 Å². The van der Waals surface area contributed by atoms with Crippen molar-refractivity contribution in [3.63, 3.8) is 0 Å². The third-order valence-corrected chi connectivity index (χ3v) is 2.70. The molecule has 0 atom stereocenters. The van der Waals surface area contributed by atoms with Crippen LogP contribution in [-0.2, 0) is 10.4 Å². The number of alkyl halides is 3. The van der Waals surface area contributed by atoms with Gasteiger partial charge in [0.15, 0.2) is 0 Å². The largest absolute Gasteiger partial charge is 0.417 e. The summed E-state index contributed by atoms with van der Waals surface area (Å²) in [5.41, 5.74) is -0.916. The number of imidazole rings is 1. The Kier molecular flexibility index (Phi) is 3.85. The van der Waals surface area contributed by atoms with E-state index in [1.54, 1.807) is 6.92 Å². The van der Waals surface area contributed by atoms with Gasteiger partial charge in [0, 0.05) is 6.20 Å². The molecule has 2 aromatic rings. The predicted octanol–water partition coefficient (Wildman–Crippen LogP) is 3.47. The Balaban J connectivity index is 2.41. The average Bonchev–Trinajstić information content (AvgIpc) is 2.64. The van der Waals surface area contributed by atoms with Gasteiger partial charge in [0.2, 0.25) is 12.3 Å².